The van der Waals surface area contributed by atoms with E-state index in [-0.39, 0.29) is 17.3 Å². The summed E-state index contributed by atoms with van der Waals surface area (Å²) in [6, 6.07) is 13.5. The molecule has 6 nitrogen and oxygen atoms in total. The highest BCUT2D eigenvalue weighted by Crippen LogP contribution is 2.47. The number of nitrogens with two attached hydrogens (primary N) is 1. The van der Waals surface area contributed by atoms with Crippen molar-refractivity contribution >= 4 is 22.9 Å². The number of hydrogen-bond donors (Lipinski definition) is 1. The summed E-state index contributed by atoms with van der Waals surface area (Å²) >= 11 is 0. The Morgan fingerprint density at radius 3 is 2.22 bits per heavy atom. The fraction of sp³-hybridized carbons (Fsp3) is 0.0667. The summed E-state index contributed by atoms with van der Waals surface area (Å²) in [4.78, 5) is -0.0797. The van der Waals surface area contributed by atoms with Crippen molar-refractivity contribution in [2.24, 2.45) is 5.14 Å². The molecule has 2 aromatic carbocycles. The molecule has 2 N–H and O–H groups in total. The van der Waals surface area contributed by atoms with Crippen LogP contribution >= 0.6 is 7.60 Å². The molecule has 0 unspecified atom stereocenters. The van der Waals surface area contributed by atoms with Gasteiger partial charge in [0.25, 0.3) is 0 Å². The Hall–Kier alpha value is -2.10. The minimum atomic E-state index is -3.81. The first kappa shape index (κ1) is 17.3. The second-order valence-corrected chi connectivity index (χ2v) is 7.93. The van der Waals surface area contributed by atoms with Crippen LogP contribution in [0.25, 0.3) is 0 Å². The highest BCUT2D eigenvalue weighted by Gasteiger charge is 2.29. The third-order valence-electron chi connectivity index (χ3n) is 2.77. The van der Waals surface area contributed by atoms with E-state index >= 15 is 0 Å². The molecule has 1 atom stereocenters. The standard InChI is InChI=1S/C15H14NO5PS/c1-2-12-20-22(17,14-6-4-3-5-7-14)21-13-8-10-15(11-9-13)23(16,18)19/h1,3-11H,12H2,(H2,16,18,19)/t22-/m1/s1. The van der Waals surface area contributed by atoms with E-state index in [4.69, 9.17) is 20.6 Å². The zero-order valence-electron chi connectivity index (χ0n) is 12.0. The highest BCUT2D eigenvalue weighted by molar-refractivity contribution is 7.89. The van der Waals surface area contributed by atoms with Crippen molar-refractivity contribution in [2.45, 2.75) is 4.90 Å². The molecule has 0 amide bonds. The van der Waals surface area contributed by atoms with E-state index in [2.05, 4.69) is 5.92 Å². The molecule has 0 saturated heterocycles. The molecule has 120 valence electrons. The molecular weight excluding hydrogens is 337 g/mol. The molecule has 2 aromatic rings. The topological polar surface area (TPSA) is 95.7 Å². The zero-order valence-corrected chi connectivity index (χ0v) is 13.7. The lowest BCUT2D eigenvalue weighted by Gasteiger charge is -2.18. The first-order valence-corrected chi connectivity index (χ1v) is 9.50. The Kier molecular flexibility index (Phi) is 5.24. The lowest BCUT2D eigenvalue weighted by molar-refractivity contribution is 0.308. The molecule has 0 aliphatic rings. The summed E-state index contributed by atoms with van der Waals surface area (Å²) in [5.74, 6) is 2.41. The van der Waals surface area contributed by atoms with Crippen molar-refractivity contribution in [2.75, 3.05) is 6.61 Å². The van der Waals surface area contributed by atoms with E-state index in [1.807, 2.05) is 0 Å². The minimum Gasteiger partial charge on any atom is -0.421 e. The largest absolute Gasteiger partial charge is 0.421 e. The second kappa shape index (κ2) is 6.99. The number of benzene rings is 2. The van der Waals surface area contributed by atoms with Gasteiger partial charge in [0.05, 0.1) is 10.2 Å². The molecule has 0 bridgehead atoms. The van der Waals surface area contributed by atoms with Crippen molar-refractivity contribution in [1.82, 2.24) is 0 Å². The van der Waals surface area contributed by atoms with Crippen LogP contribution in [0.4, 0.5) is 0 Å². The van der Waals surface area contributed by atoms with Gasteiger partial charge in [-0.3, -0.25) is 4.52 Å². The molecule has 23 heavy (non-hydrogen) atoms. The molecule has 0 fully saturated rings. The molecule has 0 aliphatic carbocycles. The predicted molar refractivity (Wildman–Crippen MR) is 86.9 cm³/mol. The van der Waals surface area contributed by atoms with E-state index in [0.29, 0.717) is 5.30 Å². The van der Waals surface area contributed by atoms with Gasteiger partial charge in [0.15, 0.2) is 0 Å². The minimum absolute atomic E-state index is 0.0797. The summed E-state index contributed by atoms with van der Waals surface area (Å²) < 4.78 is 46.1. The Balaban J connectivity index is 2.32. The van der Waals surface area contributed by atoms with Gasteiger partial charge >= 0.3 is 7.60 Å². The van der Waals surface area contributed by atoms with Crippen LogP contribution in [0.3, 0.4) is 0 Å². The molecule has 2 rings (SSSR count). The summed E-state index contributed by atoms with van der Waals surface area (Å²) in [6.07, 6.45) is 5.14. The van der Waals surface area contributed by atoms with Gasteiger partial charge in [-0.2, -0.15) is 0 Å². The lowest BCUT2D eigenvalue weighted by Crippen LogP contribution is -2.13. The predicted octanol–water partition coefficient (Wildman–Crippen LogP) is 1.88. The van der Waals surface area contributed by atoms with Crippen LogP contribution in [0.2, 0.25) is 0 Å². The molecule has 0 spiro atoms. The molecule has 0 saturated carbocycles. The summed E-state index contributed by atoms with van der Waals surface area (Å²) in [5, 5.41) is 5.36. The van der Waals surface area contributed by atoms with E-state index in [1.165, 1.54) is 24.3 Å². The van der Waals surface area contributed by atoms with Crippen LogP contribution < -0.4 is 15.0 Å². The Morgan fingerprint density at radius 2 is 1.70 bits per heavy atom. The van der Waals surface area contributed by atoms with E-state index in [9.17, 15) is 13.0 Å². The first-order valence-electron chi connectivity index (χ1n) is 6.41. The van der Waals surface area contributed by atoms with E-state index in [1.54, 1.807) is 30.3 Å². The van der Waals surface area contributed by atoms with Gasteiger partial charge in [0, 0.05) is 0 Å². The van der Waals surface area contributed by atoms with Gasteiger partial charge in [-0.25, -0.2) is 18.1 Å². The van der Waals surface area contributed by atoms with Gasteiger partial charge in [-0.1, -0.05) is 24.1 Å². The normalized spacial score (nSPS) is 13.7. The van der Waals surface area contributed by atoms with Crippen LogP contribution in [0.5, 0.6) is 5.75 Å². The van der Waals surface area contributed by atoms with Gasteiger partial charge in [-0.05, 0) is 36.4 Å². The molecule has 8 heteroatoms. The summed E-state index contributed by atoms with van der Waals surface area (Å²) in [6.45, 7) is -0.193. The number of primary sulfonamides is 1. The number of sulfonamides is 1. The maximum Gasteiger partial charge on any atom is 0.411 e. The van der Waals surface area contributed by atoms with E-state index in [0.717, 1.165) is 0 Å². The van der Waals surface area contributed by atoms with Crippen LogP contribution in [0, 0.1) is 12.3 Å². The van der Waals surface area contributed by atoms with Crippen molar-refractivity contribution in [1.29, 1.82) is 0 Å². The molecule has 0 heterocycles. The average Bonchev–Trinajstić information content (AvgIpc) is 2.53. The maximum absolute atomic E-state index is 12.9. The third-order valence-corrected chi connectivity index (χ3v) is 5.55. The Morgan fingerprint density at radius 1 is 1.09 bits per heavy atom. The monoisotopic (exact) mass is 351 g/mol. The molecule has 0 aromatic heterocycles. The van der Waals surface area contributed by atoms with Gasteiger partial charge in [-0.15, -0.1) is 6.42 Å². The fourth-order valence-corrected chi connectivity index (χ4v) is 3.72. The van der Waals surface area contributed by atoms with Crippen LogP contribution in [-0.4, -0.2) is 15.0 Å². The van der Waals surface area contributed by atoms with Crippen molar-refractivity contribution in [3.05, 3.63) is 54.6 Å². The highest BCUT2D eigenvalue weighted by atomic mass is 32.2. The van der Waals surface area contributed by atoms with Crippen molar-refractivity contribution in [3.63, 3.8) is 0 Å². The SMILES string of the molecule is C#CCO[P@@](=O)(Oc1ccc(S(N)(=O)=O)cc1)c1ccccc1. The van der Waals surface area contributed by atoms with Gasteiger partial charge in [0.2, 0.25) is 10.0 Å². The zero-order chi connectivity index (χ0) is 16.9. The average molecular weight is 351 g/mol. The summed E-state index contributed by atoms with van der Waals surface area (Å²) in [7, 11) is -7.50. The lowest BCUT2D eigenvalue weighted by atomic mass is 10.3. The van der Waals surface area contributed by atoms with Crippen LogP contribution in [0.15, 0.2) is 59.5 Å². The summed E-state index contributed by atoms with van der Waals surface area (Å²) in [5.41, 5.74) is 0. The molecule has 0 aliphatic heterocycles. The molecule has 0 radical (unpaired) electrons. The molecular formula is C15H14NO5PS. The van der Waals surface area contributed by atoms with Gasteiger partial charge in [0.1, 0.15) is 12.4 Å². The van der Waals surface area contributed by atoms with E-state index < -0.39 is 17.6 Å². The Bertz CT molecular complexity index is 857. The van der Waals surface area contributed by atoms with Crippen molar-refractivity contribution < 1.29 is 22.0 Å². The third kappa shape index (κ3) is 4.44. The maximum atomic E-state index is 12.9. The quantitative estimate of drug-likeness (QED) is 0.633. The fourth-order valence-electron chi connectivity index (χ4n) is 1.72. The second-order valence-electron chi connectivity index (χ2n) is 4.42. The first-order chi connectivity index (χ1) is 10.8. The number of terminal acetylenes is 1. The Labute approximate surface area is 134 Å². The van der Waals surface area contributed by atoms with Crippen molar-refractivity contribution in [3.8, 4) is 18.1 Å². The van der Waals surface area contributed by atoms with Crippen LogP contribution in [-0.2, 0) is 19.1 Å². The van der Waals surface area contributed by atoms with Gasteiger partial charge < -0.3 is 4.52 Å². The number of rotatable bonds is 6. The number of hydrogen-bond acceptors (Lipinski definition) is 5. The van der Waals surface area contributed by atoms with Crippen LogP contribution in [0.1, 0.15) is 0 Å². The smallest absolute Gasteiger partial charge is 0.411 e.